The number of carbonyl (C=O) groups is 1. The van der Waals surface area contributed by atoms with Crippen molar-refractivity contribution >= 4 is 17.2 Å². The van der Waals surface area contributed by atoms with E-state index in [1.807, 2.05) is 50.2 Å². The van der Waals surface area contributed by atoms with E-state index in [1.165, 1.54) is 0 Å². The third kappa shape index (κ3) is 5.82. The van der Waals surface area contributed by atoms with Crippen molar-refractivity contribution < 1.29 is 28.5 Å². The van der Waals surface area contributed by atoms with Crippen LogP contribution in [0.3, 0.4) is 0 Å². The number of rotatable bonds is 12. The maximum atomic E-state index is 12.5. The molecule has 2 aliphatic heterocycles. The largest absolute Gasteiger partial charge is 0.495 e. The third-order valence-corrected chi connectivity index (χ3v) is 6.07. The maximum absolute atomic E-state index is 12.5. The van der Waals surface area contributed by atoms with Crippen LogP contribution in [-0.4, -0.2) is 65.2 Å². The molecule has 8 heteroatoms. The van der Waals surface area contributed by atoms with Gasteiger partial charge in [-0.3, -0.25) is 0 Å². The van der Waals surface area contributed by atoms with Gasteiger partial charge < -0.3 is 33.9 Å². The van der Waals surface area contributed by atoms with Gasteiger partial charge in [-0.2, -0.15) is 0 Å². The van der Waals surface area contributed by atoms with Gasteiger partial charge in [0.05, 0.1) is 26.0 Å². The molecule has 0 spiro atoms. The predicted octanol–water partition coefficient (Wildman–Crippen LogP) is 3.65. The molecule has 1 N–H and O–H groups in total. The average Bonchev–Trinajstić information content (AvgIpc) is 3.50. The van der Waals surface area contributed by atoms with E-state index in [9.17, 15) is 4.79 Å². The third-order valence-electron chi connectivity index (χ3n) is 6.07. The van der Waals surface area contributed by atoms with E-state index in [-0.39, 0.29) is 12.6 Å². The van der Waals surface area contributed by atoms with Crippen molar-refractivity contribution in [3.63, 3.8) is 0 Å². The molecule has 0 bridgehead atoms. The number of nitrogens with one attached hydrogen (secondary N) is 1. The van der Waals surface area contributed by atoms with Gasteiger partial charge in [0.25, 0.3) is 0 Å². The molecule has 0 radical (unpaired) electrons. The molecule has 8 nitrogen and oxygen atoms in total. The fourth-order valence-corrected chi connectivity index (χ4v) is 4.46. The van der Waals surface area contributed by atoms with E-state index >= 15 is 0 Å². The van der Waals surface area contributed by atoms with E-state index in [4.69, 9.17) is 23.7 Å². The number of methoxy groups -OCH3 is 1. The van der Waals surface area contributed by atoms with Crippen LogP contribution < -0.4 is 24.4 Å². The van der Waals surface area contributed by atoms with Gasteiger partial charge in [-0.25, -0.2) is 4.79 Å². The Kier molecular flexibility index (Phi) is 8.36. The number of hydrogen-bond donors (Lipinski definition) is 1. The Morgan fingerprint density at radius 3 is 2.63 bits per heavy atom. The monoisotopic (exact) mass is 482 g/mol. The van der Waals surface area contributed by atoms with Crippen molar-refractivity contribution in [1.29, 1.82) is 0 Å². The lowest BCUT2D eigenvalue weighted by Gasteiger charge is -2.21. The molecule has 2 aliphatic rings. The number of hydrogen-bond acceptors (Lipinski definition) is 8. The summed E-state index contributed by atoms with van der Waals surface area (Å²) in [6, 6.07) is 13.9. The highest BCUT2D eigenvalue weighted by molar-refractivity contribution is 6.19. The van der Waals surface area contributed by atoms with E-state index in [1.54, 1.807) is 7.11 Å². The Balaban J connectivity index is 1.34. The van der Waals surface area contributed by atoms with E-state index in [0.29, 0.717) is 60.8 Å². The molecule has 4 rings (SSSR count). The Bertz CT molecular complexity index is 1050. The molecule has 2 heterocycles. The normalized spacial score (nSPS) is 17.5. The zero-order chi connectivity index (χ0) is 24.6. The Labute approximate surface area is 206 Å². The van der Waals surface area contributed by atoms with Crippen molar-refractivity contribution in [3.05, 3.63) is 53.8 Å². The molecule has 2 aromatic carbocycles. The van der Waals surface area contributed by atoms with Crippen molar-refractivity contribution in [2.75, 3.05) is 58.1 Å². The Morgan fingerprint density at radius 1 is 1.03 bits per heavy atom. The number of anilines is 1. The van der Waals surface area contributed by atoms with Crippen LogP contribution >= 0.6 is 0 Å². The quantitative estimate of drug-likeness (QED) is 0.363. The van der Waals surface area contributed by atoms with Crippen molar-refractivity contribution in [2.45, 2.75) is 26.3 Å². The lowest BCUT2D eigenvalue weighted by molar-refractivity contribution is -0.134. The molecule has 2 aromatic rings. The van der Waals surface area contributed by atoms with Crippen LogP contribution in [0.25, 0.3) is 5.57 Å². The molecule has 0 saturated carbocycles. The van der Waals surface area contributed by atoms with Gasteiger partial charge in [-0.15, -0.1) is 0 Å². The molecular weight excluding hydrogens is 448 g/mol. The molecular formula is C27H34N2O6. The minimum absolute atomic E-state index is 0.135. The van der Waals surface area contributed by atoms with E-state index in [2.05, 4.69) is 16.3 Å². The van der Waals surface area contributed by atoms with Gasteiger partial charge in [0, 0.05) is 25.7 Å². The molecule has 1 saturated heterocycles. The minimum Gasteiger partial charge on any atom is -0.495 e. The van der Waals surface area contributed by atoms with Gasteiger partial charge in [0.15, 0.2) is 11.5 Å². The summed E-state index contributed by atoms with van der Waals surface area (Å²) in [5, 5.41) is 3.56. The number of carbonyl (C=O) groups excluding carboxylic acids is 1. The van der Waals surface area contributed by atoms with Crippen LogP contribution in [-0.2, 0) is 14.3 Å². The van der Waals surface area contributed by atoms with E-state index < -0.39 is 0 Å². The summed E-state index contributed by atoms with van der Waals surface area (Å²) in [6.45, 7) is 7.98. The number of nitrogens with zero attached hydrogens (tertiary/aromatic N) is 1. The van der Waals surface area contributed by atoms with Crippen LogP contribution in [0.1, 0.15) is 25.8 Å². The smallest absolute Gasteiger partial charge is 0.342 e. The van der Waals surface area contributed by atoms with Gasteiger partial charge in [-0.1, -0.05) is 18.2 Å². The first-order valence-electron chi connectivity index (χ1n) is 12.2. The molecule has 0 unspecified atom stereocenters. The fourth-order valence-electron chi connectivity index (χ4n) is 4.46. The van der Waals surface area contributed by atoms with Crippen molar-refractivity contribution in [2.24, 2.45) is 0 Å². The first-order valence-corrected chi connectivity index (χ1v) is 12.2. The Hall–Kier alpha value is -3.39. The molecule has 35 heavy (non-hydrogen) atoms. The summed E-state index contributed by atoms with van der Waals surface area (Å²) >= 11 is 0. The second-order valence-electron chi connectivity index (χ2n) is 8.31. The lowest BCUT2D eigenvalue weighted by atomic mass is 10.1. The topological polar surface area (TPSA) is 78.5 Å². The zero-order valence-corrected chi connectivity index (χ0v) is 20.7. The number of esters is 1. The minimum atomic E-state index is -0.386. The molecule has 0 amide bonds. The zero-order valence-electron chi connectivity index (χ0n) is 20.7. The molecule has 188 valence electrons. The number of cyclic esters (lactones) is 1. The van der Waals surface area contributed by atoms with Crippen LogP contribution in [0.2, 0.25) is 0 Å². The lowest BCUT2D eigenvalue weighted by Crippen LogP contribution is -2.34. The van der Waals surface area contributed by atoms with Crippen LogP contribution in [0.5, 0.6) is 17.2 Å². The highest BCUT2D eigenvalue weighted by Gasteiger charge is 2.29. The summed E-state index contributed by atoms with van der Waals surface area (Å²) in [7, 11) is 1.70. The van der Waals surface area contributed by atoms with Crippen LogP contribution in [0.15, 0.2) is 48.2 Å². The first kappa shape index (κ1) is 24.7. The summed E-state index contributed by atoms with van der Waals surface area (Å²) in [6.07, 6.45) is 1.04. The molecule has 1 atom stereocenters. The molecule has 0 aliphatic carbocycles. The highest BCUT2D eigenvalue weighted by atomic mass is 16.6. The van der Waals surface area contributed by atoms with Crippen molar-refractivity contribution in [3.8, 4) is 17.2 Å². The fraction of sp³-hybridized carbons (Fsp3) is 0.444. The summed E-state index contributed by atoms with van der Waals surface area (Å²) in [4.78, 5) is 14.8. The number of ether oxygens (including phenoxy) is 5. The van der Waals surface area contributed by atoms with E-state index in [0.717, 1.165) is 30.9 Å². The number of benzene rings is 2. The first-order chi connectivity index (χ1) is 17.1. The van der Waals surface area contributed by atoms with Crippen LogP contribution in [0.4, 0.5) is 5.69 Å². The van der Waals surface area contributed by atoms with Gasteiger partial charge in [0.1, 0.15) is 30.3 Å². The Morgan fingerprint density at radius 2 is 1.83 bits per heavy atom. The van der Waals surface area contributed by atoms with Gasteiger partial charge in [0.2, 0.25) is 0 Å². The average molecular weight is 483 g/mol. The molecule has 0 aromatic heterocycles. The van der Waals surface area contributed by atoms with Crippen molar-refractivity contribution in [1.82, 2.24) is 5.32 Å². The second-order valence-corrected chi connectivity index (χ2v) is 8.31. The SMILES string of the molecule is CCOc1ccc(C2=C(OCCN[C@@H]3CCN(c4ccccc4OC)C3)COC2=O)cc1OCC. The van der Waals surface area contributed by atoms with Crippen LogP contribution in [0, 0.1) is 0 Å². The standard InChI is InChI=1S/C27H34N2O6/c1-4-32-23-11-10-19(16-24(23)33-5-2)26-25(18-35-27(26)30)34-15-13-28-20-12-14-29(17-20)21-8-6-7-9-22(21)31-3/h6-11,16,20,28H,4-5,12-15,17-18H2,1-3H3/t20-/m1/s1. The summed E-state index contributed by atoms with van der Waals surface area (Å²) in [5.41, 5.74) is 2.26. The van der Waals surface area contributed by atoms with Gasteiger partial charge in [-0.05, 0) is 50.1 Å². The molecule has 1 fully saturated rings. The summed E-state index contributed by atoms with van der Waals surface area (Å²) < 4.78 is 28.1. The maximum Gasteiger partial charge on any atom is 0.342 e. The second kappa shape index (κ2) is 11.8. The predicted molar refractivity (Wildman–Crippen MR) is 134 cm³/mol. The van der Waals surface area contributed by atoms with Gasteiger partial charge >= 0.3 is 5.97 Å². The summed E-state index contributed by atoms with van der Waals surface area (Å²) in [5.74, 6) is 2.30. The highest BCUT2D eigenvalue weighted by Crippen LogP contribution is 2.35. The number of para-hydroxylation sites is 2.